The summed E-state index contributed by atoms with van der Waals surface area (Å²) in [5.41, 5.74) is -0.447. The molecule has 0 aliphatic heterocycles. The van der Waals surface area contributed by atoms with Crippen molar-refractivity contribution in [1.29, 1.82) is 0 Å². The number of pyridine rings is 1. The Bertz CT molecular complexity index is 1160. The highest BCUT2D eigenvalue weighted by atomic mass is 35.5. The van der Waals surface area contributed by atoms with E-state index in [0.717, 1.165) is 9.92 Å². The van der Waals surface area contributed by atoms with Crippen molar-refractivity contribution in [1.82, 2.24) is 4.98 Å². The number of carbonyl (C=O) groups is 1. The van der Waals surface area contributed by atoms with Crippen molar-refractivity contribution in [3.63, 3.8) is 0 Å². The molecule has 1 aromatic heterocycles. The summed E-state index contributed by atoms with van der Waals surface area (Å²) >= 11 is 7.73. The predicted molar refractivity (Wildman–Crippen MR) is 121 cm³/mol. The molecule has 0 bridgehead atoms. The van der Waals surface area contributed by atoms with Gasteiger partial charge in [-0.05, 0) is 30.3 Å². The molecule has 32 heavy (non-hydrogen) atoms. The Kier molecular flexibility index (Phi) is 7.39. The van der Waals surface area contributed by atoms with Gasteiger partial charge in [-0.15, -0.1) is 0 Å². The molecule has 0 spiro atoms. The average Bonchev–Trinajstić information content (AvgIpc) is 2.79. The highest BCUT2D eigenvalue weighted by Gasteiger charge is 2.32. The van der Waals surface area contributed by atoms with Crippen LogP contribution in [0.5, 0.6) is 17.2 Å². The molecule has 0 aliphatic carbocycles. The van der Waals surface area contributed by atoms with Gasteiger partial charge in [0, 0.05) is 22.8 Å². The Morgan fingerprint density at radius 3 is 2.41 bits per heavy atom. The van der Waals surface area contributed by atoms with E-state index in [0.29, 0.717) is 10.7 Å². The molecule has 0 saturated heterocycles. The van der Waals surface area contributed by atoms with Crippen molar-refractivity contribution in [2.75, 3.05) is 26.6 Å². The summed E-state index contributed by atoms with van der Waals surface area (Å²) in [6.45, 7) is 0. The summed E-state index contributed by atoms with van der Waals surface area (Å²) in [5.74, 6) is -0.836. The minimum atomic E-state index is -0.739. The number of nitro groups is 1. The van der Waals surface area contributed by atoms with E-state index in [1.54, 1.807) is 24.4 Å². The lowest BCUT2D eigenvalue weighted by molar-refractivity contribution is -0.386. The van der Waals surface area contributed by atoms with Crippen LogP contribution in [-0.2, 0) is 0 Å². The van der Waals surface area contributed by atoms with E-state index in [1.165, 1.54) is 39.2 Å². The summed E-state index contributed by atoms with van der Waals surface area (Å²) in [4.78, 5) is 28.9. The van der Waals surface area contributed by atoms with Gasteiger partial charge in [0.05, 0.1) is 31.3 Å². The van der Waals surface area contributed by atoms with Crippen LogP contribution in [-0.4, -0.2) is 37.1 Å². The fourth-order valence-corrected chi connectivity index (χ4v) is 3.95. The van der Waals surface area contributed by atoms with E-state index in [-0.39, 0.29) is 22.8 Å². The minimum absolute atomic E-state index is 0.0113. The van der Waals surface area contributed by atoms with Gasteiger partial charge < -0.3 is 19.5 Å². The molecule has 0 fully saturated rings. The molecular formula is C21H18ClN3O6S. The Balaban J connectivity index is 1.93. The molecule has 9 nitrogen and oxygen atoms in total. The molecule has 166 valence electrons. The SMILES string of the molecule is COc1cc(C(=O)Nc2ccc(Sc3ccccn3)c(Cl)c2)c([N+](=O)[O-])c(OC)c1OC. The lowest BCUT2D eigenvalue weighted by Gasteiger charge is -2.15. The summed E-state index contributed by atoms with van der Waals surface area (Å²) in [5, 5.41) is 15.5. The van der Waals surface area contributed by atoms with Crippen LogP contribution in [0.15, 0.2) is 58.6 Å². The van der Waals surface area contributed by atoms with Gasteiger partial charge in [0.15, 0.2) is 5.75 Å². The van der Waals surface area contributed by atoms with Crippen LogP contribution < -0.4 is 19.5 Å². The summed E-state index contributed by atoms with van der Waals surface area (Å²) < 4.78 is 15.5. The zero-order chi connectivity index (χ0) is 23.3. The molecule has 0 saturated carbocycles. The third-order valence-electron chi connectivity index (χ3n) is 4.27. The number of nitrogens with one attached hydrogen (secondary N) is 1. The molecule has 1 N–H and O–H groups in total. The van der Waals surface area contributed by atoms with Crippen LogP contribution in [0.3, 0.4) is 0 Å². The first-order valence-electron chi connectivity index (χ1n) is 9.06. The van der Waals surface area contributed by atoms with Crippen molar-refractivity contribution >= 4 is 40.6 Å². The molecular weight excluding hydrogens is 458 g/mol. The van der Waals surface area contributed by atoms with E-state index in [9.17, 15) is 14.9 Å². The highest BCUT2D eigenvalue weighted by Crippen LogP contribution is 2.46. The number of hydrogen-bond donors (Lipinski definition) is 1. The molecule has 0 unspecified atom stereocenters. The number of nitrogens with zero attached hydrogens (tertiary/aromatic N) is 2. The van der Waals surface area contributed by atoms with Crippen molar-refractivity contribution in [2.45, 2.75) is 9.92 Å². The molecule has 0 atom stereocenters. The number of methoxy groups -OCH3 is 3. The lowest BCUT2D eigenvalue weighted by atomic mass is 10.1. The highest BCUT2D eigenvalue weighted by molar-refractivity contribution is 7.99. The maximum atomic E-state index is 12.9. The largest absolute Gasteiger partial charge is 0.493 e. The van der Waals surface area contributed by atoms with Crippen LogP contribution in [0.4, 0.5) is 11.4 Å². The number of halogens is 1. The molecule has 3 rings (SSSR count). The zero-order valence-electron chi connectivity index (χ0n) is 17.2. The third-order valence-corrected chi connectivity index (χ3v) is 5.72. The van der Waals surface area contributed by atoms with Gasteiger partial charge in [-0.1, -0.05) is 29.4 Å². The van der Waals surface area contributed by atoms with Crippen LogP contribution in [0.25, 0.3) is 0 Å². The standard InChI is InChI=1S/C21H18ClN3O6S/c1-29-15-11-13(18(25(27)28)20(31-3)19(15)30-2)21(26)24-12-7-8-16(14(22)10-12)32-17-6-4-5-9-23-17/h4-11H,1-3H3,(H,24,26). The van der Waals surface area contributed by atoms with E-state index in [4.69, 9.17) is 25.8 Å². The molecule has 0 aliphatic rings. The Labute approximate surface area is 192 Å². The molecule has 2 aromatic carbocycles. The first-order chi connectivity index (χ1) is 15.4. The Morgan fingerprint density at radius 2 is 1.84 bits per heavy atom. The molecule has 11 heteroatoms. The number of anilines is 1. The second-order valence-electron chi connectivity index (χ2n) is 6.17. The van der Waals surface area contributed by atoms with Crippen molar-refractivity contribution in [3.8, 4) is 17.2 Å². The minimum Gasteiger partial charge on any atom is -0.493 e. The number of amides is 1. The molecule has 1 amide bonds. The quantitative estimate of drug-likeness (QED) is 0.354. The van der Waals surface area contributed by atoms with Gasteiger partial charge in [-0.2, -0.15) is 0 Å². The number of nitro benzene ring substituents is 1. The van der Waals surface area contributed by atoms with E-state index in [2.05, 4.69) is 10.3 Å². The number of rotatable bonds is 8. The van der Waals surface area contributed by atoms with Crippen molar-refractivity contribution in [3.05, 3.63) is 69.4 Å². The number of aromatic nitrogens is 1. The smallest absolute Gasteiger partial charge is 0.327 e. The fourth-order valence-electron chi connectivity index (χ4n) is 2.88. The normalized spacial score (nSPS) is 10.4. The maximum Gasteiger partial charge on any atom is 0.327 e. The van der Waals surface area contributed by atoms with Crippen molar-refractivity contribution in [2.24, 2.45) is 0 Å². The maximum absolute atomic E-state index is 12.9. The summed E-state index contributed by atoms with van der Waals surface area (Å²) in [6.07, 6.45) is 1.68. The van der Waals surface area contributed by atoms with Gasteiger partial charge in [0.1, 0.15) is 10.6 Å². The van der Waals surface area contributed by atoms with Crippen molar-refractivity contribution < 1.29 is 23.9 Å². The Morgan fingerprint density at radius 1 is 1.09 bits per heavy atom. The van der Waals surface area contributed by atoms with Gasteiger partial charge in [-0.3, -0.25) is 14.9 Å². The molecule has 0 radical (unpaired) electrons. The fraction of sp³-hybridized carbons (Fsp3) is 0.143. The zero-order valence-corrected chi connectivity index (χ0v) is 18.8. The molecule has 3 aromatic rings. The summed E-state index contributed by atoms with van der Waals surface area (Å²) in [7, 11) is 3.91. The van der Waals surface area contributed by atoms with Gasteiger partial charge >= 0.3 is 5.69 Å². The van der Waals surface area contributed by atoms with E-state index in [1.807, 2.05) is 18.2 Å². The first-order valence-corrected chi connectivity index (χ1v) is 10.3. The lowest BCUT2D eigenvalue weighted by Crippen LogP contribution is -2.15. The second-order valence-corrected chi connectivity index (χ2v) is 7.64. The van der Waals surface area contributed by atoms with Crippen LogP contribution >= 0.6 is 23.4 Å². The van der Waals surface area contributed by atoms with Gasteiger partial charge in [0.25, 0.3) is 5.91 Å². The average molecular weight is 476 g/mol. The Hall–Kier alpha value is -3.50. The summed E-state index contributed by atoms with van der Waals surface area (Å²) in [6, 6.07) is 11.7. The number of hydrogen-bond acceptors (Lipinski definition) is 8. The molecule has 1 heterocycles. The van der Waals surface area contributed by atoms with Crippen LogP contribution in [0, 0.1) is 10.1 Å². The predicted octanol–water partition coefficient (Wildman–Crippen LogP) is 5.07. The van der Waals surface area contributed by atoms with Gasteiger partial charge in [-0.25, -0.2) is 4.98 Å². The van der Waals surface area contributed by atoms with E-state index < -0.39 is 16.5 Å². The van der Waals surface area contributed by atoms with Crippen LogP contribution in [0.2, 0.25) is 5.02 Å². The second kappa shape index (κ2) is 10.2. The van der Waals surface area contributed by atoms with E-state index >= 15 is 0 Å². The first kappa shape index (κ1) is 23.2. The number of carbonyl (C=O) groups excluding carboxylic acids is 1. The number of ether oxygens (including phenoxy) is 3. The number of benzene rings is 2. The van der Waals surface area contributed by atoms with Crippen LogP contribution in [0.1, 0.15) is 10.4 Å². The van der Waals surface area contributed by atoms with Gasteiger partial charge in [0.2, 0.25) is 11.5 Å². The monoisotopic (exact) mass is 475 g/mol. The topological polar surface area (TPSA) is 113 Å². The third kappa shape index (κ3) is 4.87.